The van der Waals surface area contributed by atoms with Crippen LogP contribution < -0.4 is 4.74 Å². The molecule has 0 fully saturated rings. The molecule has 0 spiro atoms. The second kappa shape index (κ2) is 4.07. The molecule has 4 nitrogen and oxygen atoms in total. The molecule has 0 aliphatic carbocycles. The normalized spacial score (nSPS) is 13.5. The lowest BCUT2D eigenvalue weighted by atomic mass is 10.0. The Hall–Kier alpha value is -2.36. The lowest BCUT2D eigenvalue weighted by Gasteiger charge is -2.09. The number of fused-ring (bicyclic) bond motifs is 2. The number of ether oxygens (including phenoxy) is 1. The molecule has 0 unspecified atom stereocenters. The fourth-order valence-electron chi connectivity index (χ4n) is 2.85. The molecule has 0 atom stereocenters. The van der Waals surface area contributed by atoms with Gasteiger partial charge in [0.15, 0.2) is 5.65 Å². The Bertz CT molecular complexity index is 820. The van der Waals surface area contributed by atoms with Crippen LogP contribution in [-0.2, 0) is 6.42 Å². The number of benzene rings is 1. The lowest BCUT2D eigenvalue weighted by molar-refractivity contribution is 0.358. The van der Waals surface area contributed by atoms with Crippen LogP contribution in [0, 0.1) is 13.8 Å². The van der Waals surface area contributed by atoms with Gasteiger partial charge in [0.2, 0.25) is 0 Å². The average Bonchev–Trinajstić information content (AvgIpc) is 3.03. The first-order chi connectivity index (χ1) is 9.72. The van der Waals surface area contributed by atoms with Crippen molar-refractivity contribution in [3.05, 3.63) is 47.4 Å². The van der Waals surface area contributed by atoms with Crippen LogP contribution in [0.1, 0.15) is 17.0 Å². The Morgan fingerprint density at radius 1 is 1.25 bits per heavy atom. The van der Waals surface area contributed by atoms with Gasteiger partial charge in [-0.3, -0.25) is 0 Å². The number of hydrogen-bond donors (Lipinski definition) is 0. The van der Waals surface area contributed by atoms with Crippen LogP contribution in [0.3, 0.4) is 0 Å². The molecule has 0 N–H and O–H groups in total. The van der Waals surface area contributed by atoms with Gasteiger partial charge in [-0.1, -0.05) is 18.2 Å². The molecule has 0 saturated carbocycles. The highest BCUT2D eigenvalue weighted by atomic mass is 16.5. The average molecular weight is 265 g/mol. The molecule has 3 aromatic rings. The Morgan fingerprint density at radius 3 is 3.05 bits per heavy atom. The molecular weight excluding hydrogens is 250 g/mol. The van der Waals surface area contributed by atoms with Crippen molar-refractivity contribution in [1.82, 2.24) is 14.6 Å². The first-order valence-electron chi connectivity index (χ1n) is 6.81. The molecule has 0 saturated heterocycles. The number of rotatable bonds is 1. The number of para-hydroxylation sites is 1. The van der Waals surface area contributed by atoms with Crippen LogP contribution in [0.25, 0.3) is 16.8 Å². The van der Waals surface area contributed by atoms with Crippen molar-refractivity contribution in [2.75, 3.05) is 6.61 Å². The Morgan fingerprint density at radius 2 is 2.15 bits per heavy atom. The second-order valence-electron chi connectivity index (χ2n) is 5.23. The van der Waals surface area contributed by atoms with E-state index in [0.717, 1.165) is 46.9 Å². The van der Waals surface area contributed by atoms with Gasteiger partial charge >= 0.3 is 0 Å². The van der Waals surface area contributed by atoms with Crippen molar-refractivity contribution in [2.24, 2.45) is 0 Å². The Labute approximate surface area is 117 Å². The van der Waals surface area contributed by atoms with Crippen molar-refractivity contribution >= 4 is 5.65 Å². The summed E-state index contributed by atoms with van der Waals surface area (Å²) >= 11 is 0. The maximum absolute atomic E-state index is 5.80. The van der Waals surface area contributed by atoms with Crippen LogP contribution >= 0.6 is 0 Å². The van der Waals surface area contributed by atoms with Crippen molar-refractivity contribution in [3.8, 4) is 16.9 Å². The molecule has 2 aromatic heterocycles. The minimum absolute atomic E-state index is 0.774. The summed E-state index contributed by atoms with van der Waals surface area (Å²) < 4.78 is 7.65. The summed E-state index contributed by atoms with van der Waals surface area (Å²) in [6.07, 6.45) is 3.02. The van der Waals surface area contributed by atoms with Crippen molar-refractivity contribution in [3.63, 3.8) is 0 Å². The van der Waals surface area contributed by atoms with E-state index >= 15 is 0 Å². The van der Waals surface area contributed by atoms with Crippen LogP contribution in [-0.4, -0.2) is 21.2 Å². The fraction of sp³-hybridized carbons (Fsp3) is 0.250. The molecule has 0 amide bonds. The molecule has 4 heteroatoms. The third kappa shape index (κ3) is 1.61. The summed E-state index contributed by atoms with van der Waals surface area (Å²) in [5.74, 6) is 1.81. The number of hydrogen-bond acceptors (Lipinski definition) is 3. The maximum Gasteiger partial charge on any atom is 0.158 e. The maximum atomic E-state index is 5.80. The minimum Gasteiger partial charge on any atom is -0.492 e. The highest BCUT2D eigenvalue weighted by Crippen LogP contribution is 2.37. The van der Waals surface area contributed by atoms with Gasteiger partial charge in [0.05, 0.1) is 6.61 Å². The lowest BCUT2D eigenvalue weighted by Crippen LogP contribution is -1.94. The highest BCUT2D eigenvalue weighted by molar-refractivity contribution is 5.74. The monoisotopic (exact) mass is 265 g/mol. The van der Waals surface area contributed by atoms with E-state index in [9.17, 15) is 0 Å². The van der Waals surface area contributed by atoms with Crippen molar-refractivity contribution in [2.45, 2.75) is 20.3 Å². The predicted octanol–water partition coefficient (Wildman–Crippen LogP) is 2.95. The molecule has 20 heavy (non-hydrogen) atoms. The molecule has 1 aliphatic rings. The van der Waals surface area contributed by atoms with E-state index in [-0.39, 0.29) is 0 Å². The van der Waals surface area contributed by atoms with Crippen LogP contribution in [0.15, 0.2) is 30.5 Å². The Kier molecular flexibility index (Phi) is 2.33. The molecule has 1 aliphatic heterocycles. The number of nitrogens with zero attached hydrogens (tertiary/aromatic N) is 3. The summed E-state index contributed by atoms with van der Waals surface area (Å²) in [4.78, 5) is 4.44. The summed E-state index contributed by atoms with van der Waals surface area (Å²) in [5.41, 5.74) is 5.59. The fourth-order valence-corrected chi connectivity index (χ4v) is 2.85. The van der Waals surface area contributed by atoms with Crippen molar-refractivity contribution in [1.29, 1.82) is 0 Å². The number of aromatic nitrogens is 3. The zero-order valence-corrected chi connectivity index (χ0v) is 11.6. The molecule has 4 rings (SSSR count). The number of aryl methyl sites for hydroxylation is 2. The van der Waals surface area contributed by atoms with Gasteiger partial charge < -0.3 is 4.74 Å². The van der Waals surface area contributed by atoms with E-state index in [2.05, 4.69) is 41.3 Å². The molecule has 3 heterocycles. The van der Waals surface area contributed by atoms with E-state index in [0.29, 0.717) is 0 Å². The van der Waals surface area contributed by atoms with Gasteiger partial charge in [0.25, 0.3) is 0 Å². The summed E-state index contributed by atoms with van der Waals surface area (Å²) in [7, 11) is 0. The standard InChI is InChI=1S/C16H15N3O/c1-10-8-13(9-19-16(10)17-11(2)18-19)14-5-3-4-12-6-7-20-15(12)14/h3-5,8-9H,6-7H2,1-2H3. The largest absolute Gasteiger partial charge is 0.492 e. The zero-order valence-electron chi connectivity index (χ0n) is 11.6. The minimum atomic E-state index is 0.774. The van der Waals surface area contributed by atoms with Gasteiger partial charge in [0, 0.05) is 23.7 Å². The van der Waals surface area contributed by atoms with Crippen LogP contribution in [0.2, 0.25) is 0 Å². The van der Waals surface area contributed by atoms with Gasteiger partial charge in [-0.15, -0.1) is 0 Å². The topological polar surface area (TPSA) is 39.4 Å². The first-order valence-corrected chi connectivity index (χ1v) is 6.81. The van der Waals surface area contributed by atoms with Crippen LogP contribution in [0.5, 0.6) is 5.75 Å². The first kappa shape index (κ1) is 11.5. The quantitative estimate of drug-likeness (QED) is 0.679. The molecule has 0 radical (unpaired) electrons. The summed E-state index contributed by atoms with van der Waals surface area (Å²) in [6.45, 7) is 4.75. The van der Waals surface area contributed by atoms with E-state index < -0.39 is 0 Å². The third-order valence-electron chi connectivity index (χ3n) is 3.75. The SMILES string of the molecule is Cc1nc2c(C)cc(-c3cccc4c3OCC4)cn2n1. The van der Waals surface area contributed by atoms with Crippen LogP contribution in [0.4, 0.5) is 0 Å². The molecule has 100 valence electrons. The van der Waals surface area contributed by atoms with Gasteiger partial charge in [0.1, 0.15) is 11.6 Å². The molecule has 1 aromatic carbocycles. The van der Waals surface area contributed by atoms with Crippen molar-refractivity contribution < 1.29 is 4.74 Å². The Balaban J connectivity index is 1.97. The van der Waals surface area contributed by atoms with E-state index in [1.54, 1.807) is 0 Å². The molecule has 0 bridgehead atoms. The van der Waals surface area contributed by atoms with E-state index in [4.69, 9.17) is 4.74 Å². The second-order valence-corrected chi connectivity index (χ2v) is 5.23. The van der Waals surface area contributed by atoms with Gasteiger partial charge in [-0.2, -0.15) is 5.10 Å². The summed E-state index contributed by atoms with van der Waals surface area (Å²) in [6, 6.07) is 8.49. The zero-order chi connectivity index (χ0) is 13.7. The predicted molar refractivity (Wildman–Crippen MR) is 77.1 cm³/mol. The number of pyridine rings is 1. The van der Waals surface area contributed by atoms with Gasteiger partial charge in [-0.05, 0) is 31.0 Å². The highest BCUT2D eigenvalue weighted by Gasteiger charge is 2.18. The van der Waals surface area contributed by atoms with E-state index in [1.165, 1.54) is 5.56 Å². The van der Waals surface area contributed by atoms with Gasteiger partial charge in [-0.25, -0.2) is 9.50 Å². The summed E-state index contributed by atoms with van der Waals surface area (Å²) in [5, 5.41) is 4.42. The molecular formula is C16H15N3O. The smallest absolute Gasteiger partial charge is 0.158 e. The van der Waals surface area contributed by atoms with E-state index in [1.807, 2.05) is 17.6 Å². The third-order valence-corrected chi connectivity index (χ3v) is 3.75.